The van der Waals surface area contributed by atoms with E-state index in [9.17, 15) is 14.4 Å². The van der Waals surface area contributed by atoms with E-state index < -0.39 is 11.4 Å². The molecule has 0 aliphatic rings. The first-order valence-electron chi connectivity index (χ1n) is 6.42. The van der Waals surface area contributed by atoms with E-state index in [1.807, 2.05) is 0 Å². The van der Waals surface area contributed by atoms with Gasteiger partial charge < -0.3 is 15.7 Å². The van der Waals surface area contributed by atoms with Gasteiger partial charge in [0.25, 0.3) is 0 Å². The van der Waals surface area contributed by atoms with Crippen LogP contribution in [0.2, 0.25) is 0 Å². The van der Waals surface area contributed by atoms with Crippen LogP contribution in [0.4, 0.5) is 0 Å². The molecule has 6 heteroatoms. The molecule has 1 atom stereocenters. The SMILES string of the molecule is CC(CCC(=O)O)NC(=O)CCNC(=O)C(C)(C)C. The van der Waals surface area contributed by atoms with Gasteiger partial charge in [-0.05, 0) is 13.3 Å². The molecule has 0 saturated heterocycles. The molecule has 0 aliphatic carbocycles. The number of nitrogens with one attached hydrogen (secondary N) is 2. The van der Waals surface area contributed by atoms with Crippen LogP contribution in [0, 0.1) is 5.41 Å². The second kappa shape index (κ2) is 7.76. The van der Waals surface area contributed by atoms with Gasteiger partial charge in [0, 0.05) is 30.8 Å². The second-order valence-electron chi connectivity index (χ2n) is 5.66. The first-order valence-corrected chi connectivity index (χ1v) is 6.42. The number of carboxylic acids is 1. The van der Waals surface area contributed by atoms with Crippen LogP contribution in [0.1, 0.15) is 47.0 Å². The fourth-order valence-electron chi connectivity index (χ4n) is 1.31. The Morgan fingerprint density at radius 2 is 1.74 bits per heavy atom. The molecule has 3 N–H and O–H groups in total. The third-order valence-corrected chi connectivity index (χ3v) is 2.52. The minimum Gasteiger partial charge on any atom is -0.481 e. The first kappa shape index (κ1) is 17.4. The number of carbonyl (C=O) groups excluding carboxylic acids is 2. The lowest BCUT2D eigenvalue weighted by atomic mass is 9.96. The number of amides is 2. The predicted molar refractivity (Wildman–Crippen MR) is 71.6 cm³/mol. The van der Waals surface area contributed by atoms with Crippen molar-refractivity contribution in [2.24, 2.45) is 5.41 Å². The monoisotopic (exact) mass is 272 g/mol. The second-order valence-corrected chi connectivity index (χ2v) is 5.66. The van der Waals surface area contributed by atoms with E-state index in [1.54, 1.807) is 27.7 Å². The van der Waals surface area contributed by atoms with Crippen molar-refractivity contribution in [3.8, 4) is 0 Å². The van der Waals surface area contributed by atoms with Gasteiger partial charge in [-0.15, -0.1) is 0 Å². The predicted octanol–water partition coefficient (Wildman–Crippen LogP) is 0.908. The van der Waals surface area contributed by atoms with Crippen LogP contribution < -0.4 is 10.6 Å². The molecule has 0 heterocycles. The van der Waals surface area contributed by atoms with E-state index in [0.29, 0.717) is 6.42 Å². The van der Waals surface area contributed by atoms with Crippen molar-refractivity contribution < 1.29 is 19.5 Å². The summed E-state index contributed by atoms with van der Waals surface area (Å²) in [6.07, 6.45) is 0.622. The number of hydrogen-bond acceptors (Lipinski definition) is 3. The zero-order valence-electron chi connectivity index (χ0n) is 12.1. The summed E-state index contributed by atoms with van der Waals surface area (Å²) in [5.41, 5.74) is -0.467. The van der Waals surface area contributed by atoms with Gasteiger partial charge in [-0.1, -0.05) is 20.8 Å². The van der Waals surface area contributed by atoms with E-state index in [1.165, 1.54) is 0 Å². The fraction of sp³-hybridized carbons (Fsp3) is 0.769. The topological polar surface area (TPSA) is 95.5 Å². The summed E-state index contributed by atoms with van der Waals surface area (Å²) in [4.78, 5) is 33.4. The molecule has 19 heavy (non-hydrogen) atoms. The van der Waals surface area contributed by atoms with Crippen LogP contribution in [-0.2, 0) is 14.4 Å². The smallest absolute Gasteiger partial charge is 0.303 e. The quantitative estimate of drug-likeness (QED) is 0.642. The highest BCUT2D eigenvalue weighted by Crippen LogP contribution is 2.12. The van der Waals surface area contributed by atoms with E-state index in [4.69, 9.17) is 5.11 Å². The molecule has 1 unspecified atom stereocenters. The van der Waals surface area contributed by atoms with Gasteiger partial charge >= 0.3 is 5.97 Å². The lowest BCUT2D eigenvalue weighted by molar-refractivity contribution is -0.137. The molecule has 0 spiro atoms. The van der Waals surface area contributed by atoms with E-state index in [-0.39, 0.29) is 37.2 Å². The lowest BCUT2D eigenvalue weighted by Crippen LogP contribution is -2.39. The molecule has 110 valence electrons. The summed E-state index contributed by atoms with van der Waals surface area (Å²) in [7, 11) is 0. The average molecular weight is 272 g/mol. The number of hydrogen-bond donors (Lipinski definition) is 3. The molecule has 0 aliphatic heterocycles. The largest absolute Gasteiger partial charge is 0.481 e. The molecule has 0 aromatic heterocycles. The maximum Gasteiger partial charge on any atom is 0.303 e. The summed E-state index contributed by atoms with van der Waals surface area (Å²) in [6, 6.07) is -0.179. The van der Waals surface area contributed by atoms with E-state index in [0.717, 1.165) is 0 Å². The van der Waals surface area contributed by atoms with Crippen LogP contribution in [0.25, 0.3) is 0 Å². The zero-order chi connectivity index (χ0) is 15.1. The molecule has 0 rings (SSSR count). The molecule has 0 radical (unpaired) electrons. The Balaban J connectivity index is 3.82. The molecule has 0 aromatic rings. The van der Waals surface area contributed by atoms with Gasteiger partial charge in [0.2, 0.25) is 11.8 Å². The normalized spacial score (nSPS) is 12.6. The third-order valence-electron chi connectivity index (χ3n) is 2.52. The van der Waals surface area contributed by atoms with Gasteiger partial charge in [0.15, 0.2) is 0 Å². The number of carbonyl (C=O) groups is 3. The van der Waals surface area contributed by atoms with Crippen LogP contribution in [-0.4, -0.2) is 35.5 Å². The van der Waals surface area contributed by atoms with Crippen LogP contribution >= 0.6 is 0 Å². The highest BCUT2D eigenvalue weighted by atomic mass is 16.4. The van der Waals surface area contributed by atoms with Gasteiger partial charge in [0.05, 0.1) is 0 Å². The Bertz CT molecular complexity index is 334. The molecule has 0 saturated carbocycles. The Kier molecular flexibility index (Phi) is 7.11. The molecule has 6 nitrogen and oxygen atoms in total. The number of carboxylic acid groups (broad SMARTS) is 1. The molecule has 0 aromatic carbocycles. The third kappa shape index (κ3) is 9.04. The zero-order valence-corrected chi connectivity index (χ0v) is 12.1. The van der Waals surface area contributed by atoms with E-state index in [2.05, 4.69) is 10.6 Å². The maximum atomic E-state index is 11.5. The highest BCUT2D eigenvalue weighted by Gasteiger charge is 2.20. The van der Waals surface area contributed by atoms with Gasteiger partial charge in [-0.3, -0.25) is 14.4 Å². The van der Waals surface area contributed by atoms with Crippen molar-refractivity contribution in [3.05, 3.63) is 0 Å². The van der Waals surface area contributed by atoms with E-state index >= 15 is 0 Å². The number of rotatable bonds is 7. The summed E-state index contributed by atoms with van der Waals surface area (Å²) >= 11 is 0. The van der Waals surface area contributed by atoms with Crippen LogP contribution in [0.5, 0.6) is 0 Å². The molecular weight excluding hydrogens is 248 g/mol. The summed E-state index contributed by atoms with van der Waals surface area (Å²) in [5, 5.41) is 13.9. The summed E-state index contributed by atoms with van der Waals surface area (Å²) in [6.45, 7) is 7.45. The number of aliphatic carboxylic acids is 1. The lowest BCUT2D eigenvalue weighted by Gasteiger charge is -2.18. The van der Waals surface area contributed by atoms with Crippen molar-refractivity contribution in [1.82, 2.24) is 10.6 Å². The van der Waals surface area contributed by atoms with Crippen molar-refractivity contribution in [2.45, 2.75) is 53.0 Å². The standard InChI is InChI=1S/C13H24N2O4/c1-9(5-6-11(17)18)15-10(16)7-8-14-12(19)13(2,3)4/h9H,5-8H2,1-4H3,(H,14,19)(H,15,16)(H,17,18). The Morgan fingerprint density at radius 1 is 1.16 bits per heavy atom. The van der Waals surface area contributed by atoms with Gasteiger partial charge in [-0.25, -0.2) is 0 Å². The highest BCUT2D eigenvalue weighted by molar-refractivity contribution is 5.82. The minimum atomic E-state index is -0.876. The molecule has 2 amide bonds. The van der Waals surface area contributed by atoms with Crippen molar-refractivity contribution in [3.63, 3.8) is 0 Å². The fourth-order valence-corrected chi connectivity index (χ4v) is 1.31. The Labute approximate surface area is 113 Å². The van der Waals surface area contributed by atoms with Crippen LogP contribution in [0.15, 0.2) is 0 Å². The Hall–Kier alpha value is -1.59. The van der Waals surface area contributed by atoms with Gasteiger partial charge in [0.1, 0.15) is 0 Å². The Morgan fingerprint density at radius 3 is 2.21 bits per heavy atom. The molecule has 0 bridgehead atoms. The van der Waals surface area contributed by atoms with Crippen LogP contribution in [0.3, 0.4) is 0 Å². The van der Waals surface area contributed by atoms with Crippen molar-refractivity contribution in [2.75, 3.05) is 6.54 Å². The molecule has 0 fully saturated rings. The molecular formula is C13H24N2O4. The van der Waals surface area contributed by atoms with Gasteiger partial charge in [-0.2, -0.15) is 0 Å². The minimum absolute atomic E-state index is 0.0300. The maximum absolute atomic E-state index is 11.5. The summed E-state index contributed by atoms with van der Waals surface area (Å²) in [5.74, 6) is -1.16. The van der Waals surface area contributed by atoms with Crippen molar-refractivity contribution >= 4 is 17.8 Å². The van der Waals surface area contributed by atoms with Crippen molar-refractivity contribution in [1.29, 1.82) is 0 Å². The average Bonchev–Trinajstić information content (AvgIpc) is 2.24. The first-order chi connectivity index (χ1) is 8.62. The summed E-state index contributed by atoms with van der Waals surface area (Å²) < 4.78 is 0.